The Kier molecular flexibility index (Phi) is 4.65. The van der Waals surface area contributed by atoms with Gasteiger partial charge < -0.3 is 10.6 Å². The molecule has 0 fully saturated rings. The molecule has 0 saturated carbocycles. The van der Waals surface area contributed by atoms with E-state index in [1.807, 2.05) is 44.3 Å². The molecule has 4 nitrogen and oxygen atoms in total. The SMILES string of the molecule is Cc1cccc(NC(=O)CNCc2cnc(C)s2)c1. The van der Waals surface area contributed by atoms with Gasteiger partial charge in [0.2, 0.25) is 5.91 Å². The Labute approximate surface area is 116 Å². The summed E-state index contributed by atoms with van der Waals surface area (Å²) in [5.74, 6) is -0.0353. The molecule has 100 valence electrons. The summed E-state index contributed by atoms with van der Waals surface area (Å²) in [6, 6.07) is 7.76. The van der Waals surface area contributed by atoms with Crippen molar-refractivity contribution in [3.63, 3.8) is 0 Å². The fourth-order valence-electron chi connectivity index (χ4n) is 1.71. The minimum absolute atomic E-state index is 0.0353. The lowest BCUT2D eigenvalue weighted by atomic mass is 10.2. The Morgan fingerprint density at radius 2 is 2.21 bits per heavy atom. The van der Waals surface area contributed by atoms with Gasteiger partial charge in [-0.1, -0.05) is 12.1 Å². The van der Waals surface area contributed by atoms with E-state index in [-0.39, 0.29) is 5.91 Å². The van der Waals surface area contributed by atoms with E-state index in [0.717, 1.165) is 21.1 Å². The number of nitrogens with zero attached hydrogens (tertiary/aromatic N) is 1. The molecule has 0 atom stereocenters. The average Bonchev–Trinajstić information content (AvgIpc) is 2.75. The number of rotatable bonds is 5. The molecule has 1 aromatic heterocycles. The maximum absolute atomic E-state index is 11.7. The summed E-state index contributed by atoms with van der Waals surface area (Å²) < 4.78 is 0. The maximum atomic E-state index is 11.7. The van der Waals surface area contributed by atoms with Crippen LogP contribution < -0.4 is 10.6 Å². The van der Waals surface area contributed by atoms with Crippen LogP contribution in [0.5, 0.6) is 0 Å². The lowest BCUT2D eigenvalue weighted by molar-refractivity contribution is -0.115. The van der Waals surface area contributed by atoms with E-state index < -0.39 is 0 Å². The number of carbonyl (C=O) groups is 1. The van der Waals surface area contributed by atoms with Crippen LogP contribution in [0.1, 0.15) is 15.4 Å². The molecule has 0 aliphatic rings. The van der Waals surface area contributed by atoms with Gasteiger partial charge in [-0.2, -0.15) is 0 Å². The van der Waals surface area contributed by atoms with Crippen molar-refractivity contribution in [1.29, 1.82) is 0 Å². The Balaban J connectivity index is 1.76. The second-order valence-electron chi connectivity index (χ2n) is 4.37. The number of aromatic nitrogens is 1. The summed E-state index contributed by atoms with van der Waals surface area (Å²) in [6.07, 6.45) is 1.84. The number of hydrogen-bond donors (Lipinski definition) is 2. The normalized spacial score (nSPS) is 10.4. The fourth-order valence-corrected chi connectivity index (χ4v) is 2.48. The van der Waals surface area contributed by atoms with Gasteiger partial charge in [-0.05, 0) is 31.5 Å². The number of aryl methyl sites for hydroxylation is 2. The molecule has 19 heavy (non-hydrogen) atoms. The van der Waals surface area contributed by atoms with Crippen LogP contribution in [-0.4, -0.2) is 17.4 Å². The molecule has 2 N–H and O–H groups in total. The molecular formula is C14H17N3OS. The highest BCUT2D eigenvalue weighted by Crippen LogP contribution is 2.11. The molecule has 0 aliphatic carbocycles. The third-order valence-corrected chi connectivity index (χ3v) is 3.47. The molecule has 2 rings (SSSR count). The van der Waals surface area contributed by atoms with Crippen molar-refractivity contribution in [2.75, 3.05) is 11.9 Å². The average molecular weight is 275 g/mol. The molecule has 0 radical (unpaired) electrons. The van der Waals surface area contributed by atoms with Crippen molar-refractivity contribution >= 4 is 22.9 Å². The van der Waals surface area contributed by atoms with E-state index in [0.29, 0.717) is 13.1 Å². The summed E-state index contributed by atoms with van der Waals surface area (Å²) in [5.41, 5.74) is 1.96. The predicted molar refractivity (Wildman–Crippen MR) is 78.4 cm³/mol. The first kappa shape index (κ1) is 13.7. The first-order chi connectivity index (χ1) is 9.13. The van der Waals surface area contributed by atoms with Crippen molar-refractivity contribution in [2.24, 2.45) is 0 Å². The molecule has 1 amide bonds. The number of carbonyl (C=O) groups excluding carboxylic acids is 1. The van der Waals surface area contributed by atoms with Gasteiger partial charge in [0.1, 0.15) is 0 Å². The van der Waals surface area contributed by atoms with E-state index >= 15 is 0 Å². The van der Waals surface area contributed by atoms with Crippen LogP contribution in [0.4, 0.5) is 5.69 Å². The van der Waals surface area contributed by atoms with Gasteiger partial charge in [0.25, 0.3) is 0 Å². The van der Waals surface area contributed by atoms with E-state index in [1.54, 1.807) is 11.3 Å². The maximum Gasteiger partial charge on any atom is 0.238 e. The van der Waals surface area contributed by atoms with Gasteiger partial charge in [0, 0.05) is 23.3 Å². The summed E-state index contributed by atoms with van der Waals surface area (Å²) in [5, 5.41) is 7.01. The van der Waals surface area contributed by atoms with Crippen LogP contribution in [0.2, 0.25) is 0 Å². The summed E-state index contributed by atoms with van der Waals surface area (Å²) in [7, 11) is 0. The third kappa shape index (κ3) is 4.46. The van der Waals surface area contributed by atoms with Crippen molar-refractivity contribution < 1.29 is 4.79 Å². The van der Waals surface area contributed by atoms with Gasteiger partial charge in [0.05, 0.1) is 11.6 Å². The van der Waals surface area contributed by atoms with Crippen molar-refractivity contribution in [3.05, 3.63) is 45.9 Å². The number of amides is 1. The van der Waals surface area contributed by atoms with Crippen molar-refractivity contribution in [3.8, 4) is 0 Å². The lowest BCUT2D eigenvalue weighted by Gasteiger charge is -2.06. The predicted octanol–water partition coefficient (Wildman–Crippen LogP) is 2.49. The Bertz CT molecular complexity index is 565. The Morgan fingerprint density at radius 3 is 2.89 bits per heavy atom. The zero-order valence-corrected chi connectivity index (χ0v) is 11.9. The minimum atomic E-state index is -0.0353. The topological polar surface area (TPSA) is 54.0 Å². The summed E-state index contributed by atoms with van der Waals surface area (Å²) >= 11 is 1.64. The van der Waals surface area contributed by atoms with Crippen LogP contribution >= 0.6 is 11.3 Å². The lowest BCUT2D eigenvalue weighted by Crippen LogP contribution is -2.27. The molecule has 0 spiro atoms. The molecule has 0 bridgehead atoms. The largest absolute Gasteiger partial charge is 0.325 e. The highest BCUT2D eigenvalue weighted by molar-refractivity contribution is 7.11. The van der Waals surface area contributed by atoms with Crippen molar-refractivity contribution in [1.82, 2.24) is 10.3 Å². The smallest absolute Gasteiger partial charge is 0.238 e. The second kappa shape index (κ2) is 6.45. The third-order valence-electron chi connectivity index (χ3n) is 2.56. The molecule has 2 aromatic rings. The monoisotopic (exact) mass is 275 g/mol. The first-order valence-electron chi connectivity index (χ1n) is 6.12. The van der Waals surface area contributed by atoms with Crippen LogP contribution in [0, 0.1) is 13.8 Å². The molecule has 0 aliphatic heterocycles. The van der Waals surface area contributed by atoms with Gasteiger partial charge in [-0.15, -0.1) is 11.3 Å². The molecule has 1 aromatic carbocycles. The van der Waals surface area contributed by atoms with Crippen molar-refractivity contribution in [2.45, 2.75) is 20.4 Å². The van der Waals surface area contributed by atoms with Crippen LogP contribution in [0.3, 0.4) is 0 Å². The number of thiazole rings is 1. The number of benzene rings is 1. The van der Waals surface area contributed by atoms with Gasteiger partial charge in [0.15, 0.2) is 0 Å². The van der Waals surface area contributed by atoms with Gasteiger partial charge in [-0.25, -0.2) is 4.98 Å². The quantitative estimate of drug-likeness (QED) is 0.881. The first-order valence-corrected chi connectivity index (χ1v) is 6.93. The highest BCUT2D eigenvalue weighted by Gasteiger charge is 2.03. The van der Waals surface area contributed by atoms with E-state index in [9.17, 15) is 4.79 Å². The number of hydrogen-bond acceptors (Lipinski definition) is 4. The standard InChI is InChI=1S/C14H17N3OS/c1-10-4-3-5-12(6-10)17-14(18)9-15-7-13-8-16-11(2)19-13/h3-6,8,15H,7,9H2,1-2H3,(H,17,18). The van der Waals surface area contributed by atoms with E-state index in [1.165, 1.54) is 0 Å². The molecular weight excluding hydrogens is 258 g/mol. The highest BCUT2D eigenvalue weighted by atomic mass is 32.1. The molecule has 5 heteroatoms. The fraction of sp³-hybridized carbons (Fsp3) is 0.286. The summed E-state index contributed by atoms with van der Waals surface area (Å²) in [4.78, 5) is 17.0. The zero-order valence-electron chi connectivity index (χ0n) is 11.1. The van der Waals surface area contributed by atoms with E-state index in [4.69, 9.17) is 0 Å². The minimum Gasteiger partial charge on any atom is -0.325 e. The van der Waals surface area contributed by atoms with Crippen LogP contribution in [0.25, 0.3) is 0 Å². The van der Waals surface area contributed by atoms with Gasteiger partial charge in [-0.3, -0.25) is 4.79 Å². The zero-order chi connectivity index (χ0) is 13.7. The number of nitrogens with one attached hydrogen (secondary N) is 2. The van der Waals surface area contributed by atoms with E-state index in [2.05, 4.69) is 15.6 Å². The summed E-state index contributed by atoms with van der Waals surface area (Å²) in [6.45, 7) is 4.94. The number of anilines is 1. The molecule has 1 heterocycles. The van der Waals surface area contributed by atoms with Gasteiger partial charge >= 0.3 is 0 Å². The molecule has 0 saturated heterocycles. The van der Waals surface area contributed by atoms with Crippen LogP contribution in [-0.2, 0) is 11.3 Å². The van der Waals surface area contributed by atoms with Crippen LogP contribution in [0.15, 0.2) is 30.5 Å². The Hall–Kier alpha value is -1.72. The molecule has 0 unspecified atom stereocenters. The second-order valence-corrected chi connectivity index (χ2v) is 5.69. The Morgan fingerprint density at radius 1 is 1.37 bits per heavy atom.